The van der Waals surface area contributed by atoms with Crippen molar-refractivity contribution in [2.45, 2.75) is 5.16 Å². The summed E-state index contributed by atoms with van der Waals surface area (Å²) in [4.78, 5) is 20.9. The van der Waals surface area contributed by atoms with Crippen molar-refractivity contribution in [3.8, 4) is 17.0 Å². The van der Waals surface area contributed by atoms with E-state index in [-0.39, 0.29) is 10.6 Å². The maximum absolute atomic E-state index is 11.4. The minimum absolute atomic E-state index is 0.0803. The van der Waals surface area contributed by atoms with Crippen LogP contribution in [0.2, 0.25) is 0 Å². The Morgan fingerprint density at radius 1 is 1.39 bits per heavy atom. The van der Waals surface area contributed by atoms with E-state index < -0.39 is 5.97 Å². The number of rotatable bonds is 4. The van der Waals surface area contributed by atoms with Gasteiger partial charge in [0.1, 0.15) is 15.5 Å². The highest BCUT2D eigenvalue weighted by atomic mass is 32.2. The molecule has 3 rings (SSSR count). The van der Waals surface area contributed by atoms with Gasteiger partial charge in [0.2, 0.25) is 0 Å². The number of carboxylic acids is 1. The fourth-order valence-electron chi connectivity index (χ4n) is 2.23. The Hall–Kier alpha value is -2.32. The normalized spacial score (nSPS) is 10.9. The fraction of sp³-hybridized carbons (Fsp3) is 0.133. The molecule has 1 aromatic carbocycles. The number of nitrogens with zero attached hydrogens (tertiary/aromatic N) is 2. The highest BCUT2D eigenvalue weighted by Crippen LogP contribution is 2.39. The first-order valence-corrected chi connectivity index (χ1v) is 8.61. The third-order valence-electron chi connectivity index (χ3n) is 3.29. The summed E-state index contributed by atoms with van der Waals surface area (Å²) in [6.45, 7) is 0. The zero-order chi connectivity index (χ0) is 16.6. The van der Waals surface area contributed by atoms with Crippen molar-refractivity contribution in [3.05, 3.63) is 29.1 Å². The first kappa shape index (κ1) is 15.6. The number of fused-ring (bicyclic) bond motifs is 1. The Morgan fingerprint density at radius 2 is 2.17 bits per heavy atom. The van der Waals surface area contributed by atoms with Crippen LogP contribution in [0.25, 0.3) is 21.5 Å². The van der Waals surface area contributed by atoms with E-state index in [4.69, 9.17) is 10.5 Å². The van der Waals surface area contributed by atoms with E-state index in [9.17, 15) is 9.90 Å². The van der Waals surface area contributed by atoms with Crippen molar-refractivity contribution >= 4 is 45.0 Å². The molecule has 0 radical (unpaired) electrons. The van der Waals surface area contributed by atoms with Crippen molar-refractivity contribution < 1.29 is 14.6 Å². The number of hydrogen-bond donors (Lipinski definition) is 2. The molecule has 0 aliphatic carbocycles. The van der Waals surface area contributed by atoms with Crippen LogP contribution in [0, 0.1) is 0 Å². The Balaban J connectivity index is 2.35. The van der Waals surface area contributed by atoms with Gasteiger partial charge >= 0.3 is 5.97 Å². The van der Waals surface area contributed by atoms with Gasteiger partial charge in [0.25, 0.3) is 0 Å². The van der Waals surface area contributed by atoms with Crippen LogP contribution in [0.1, 0.15) is 9.67 Å². The van der Waals surface area contributed by atoms with Crippen molar-refractivity contribution in [2.75, 3.05) is 19.1 Å². The number of carbonyl (C=O) groups is 1. The topological polar surface area (TPSA) is 98.3 Å². The molecule has 0 spiro atoms. The average molecular weight is 347 g/mol. The van der Waals surface area contributed by atoms with Gasteiger partial charge in [0.05, 0.1) is 23.9 Å². The van der Waals surface area contributed by atoms with Gasteiger partial charge in [-0.15, -0.1) is 11.3 Å². The Morgan fingerprint density at radius 3 is 2.83 bits per heavy atom. The molecule has 0 fully saturated rings. The lowest BCUT2D eigenvalue weighted by atomic mass is 10.1. The Kier molecular flexibility index (Phi) is 4.10. The maximum Gasteiger partial charge on any atom is 0.348 e. The number of aromatic nitrogens is 2. The number of aromatic carboxylic acids is 1. The van der Waals surface area contributed by atoms with Crippen molar-refractivity contribution in [3.63, 3.8) is 0 Å². The minimum atomic E-state index is -1.06. The van der Waals surface area contributed by atoms with Crippen LogP contribution in [0.5, 0.6) is 5.75 Å². The summed E-state index contributed by atoms with van der Waals surface area (Å²) in [6.07, 6.45) is 1.87. The third-order valence-corrected chi connectivity index (χ3v) is 4.92. The standard InChI is InChI=1S/C15H13N3O3S2/c1-21-8-5-3-4-7(6-8)11-9-10(16)12(14(19)20)23-13(9)18-15(17-11)22-2/h3-6H,16H2,1-2H3,(H,19,20). The predicted octanol–water partition coefficient (Wildman–Crippen LogP) is 3.37. The molecule has 3 aromatic rings. The molecule has 0 aliphatic rings. The van der Waals surface area contributed by atoms with Gasteiger partial charge in [0, 0.05) is 5.56 Å². The molecule has 3 N–H and O–H groups in total. The molecule has 2 aromatic heterocycles. The molecular weight excluding hydrogens is 334 g/mol. The predicted molar refractivity (Wildman–Crippen MR) is 92.6 cm³/mol. The summed E-state index contributed by atoms with van der Waals surface area (Å²) < 4.78 is 5.25. The number of carboxylic acid groups (broad SMARTS) is 1. The number of methoxy groups -OCH3 is 1. The summed E-state index contributed by atoms with van der Waals surface area (Å²) in [7, 11) is 1.59. The Labute approximate surface area is 140 Å². The van der Waals surface area contributed by atoms with Crippen LogP contribution in [0.4, 0.5) is 5.69 Å². The number of nitrogens with two attached hydrogens (primary N) is 1. The largest absolute Gasteiger partial charge is 0.497 e. The lowest BCUT2D eigenvalue weighted by Gasteiger charge is -2.07. The SMILES string of the molecule is COc1cccc(-c2nc(SC)nc3sc(C(=O)O)c(N)c23)c1. The van der Waals surface area contributed by atoms with Gasteiger partial charge in [-0.1, -0.05) is 23.9 Å². The molecule has 0 amide bonds. The maximum atomic E-state index is 11.4. The molecule has 0 saturated carbocycles. The summed E-state index contributed by atoms with van der Waals surface area (Å²) in [6, 6.07) is 7.40. The van der Waals surface area contributed by atoms with E-state index in [1.807, 2.05) is 30.5 Å². The molecule has 118 valence electrons. The first-order chi connectivity index (χ1) is 11.0. The molecule has 0 bridgehead atoms. The summed E-state index contributed by atoms with van der Waals surface area (Å²) in [5.41, 5.74) is 7.66. The zero-order valence-electron chi connectivity index (χ0n) is 12.4. The van der Waals surface area contributed by atoms with Crippen molar-refractivity contribution in [2.24, 2.45) is 0 Å². The molecule has 0 unspecified atom stereocenters. The average Bonchev–Trinajstić information content (AvgIpc) is 2.91. The molecule has 23 heavy (non-hydrogen) atoms. The second kappa shape index (κ2) is 6.05. The van der Waals surface area contributed by atoms with Crippen LogP contribution in [-0.4, -0.2) is 34.4 Å². The minimum Gasteiger partial charge on any atom is -0.497 e. The fourth-order valence-corrected chi connectivity index (χ4v) is 3.59. The monoisotopic (exact) mass is 347 g/mol. The van der Waals surface area contributed by atoms with E-state index in [1.165, 1.54) is 11.8 Å². The number of hydrogen-bond acceptors (Lipinski definition) is 7. The quantitative estimate of drug-likeness (QED) is 0.551. The number of thiophene rings is 1. The lowest BCUT2D eigenvalue weighted by Crippen LogP contribution is -1.98. The van der Waals surface area contributed by atoms with Crippen molar-refractivity contribution in [1.82, 2.24) is 9.97 Å². The van der Waals surface area contributed by atoms with E-state index in [1.54, 1.807) is 7.11 Å². The van der Waals surface area contributed by atoms with E-state index in [0.717, 1.165) is 16.9 Å². The third kappa shape index (κ3) is 2.71. The highest BCUT2D eigenvalue weighted by Gasteiger charge is 2.21. The summed E-state index contributed by atoms with van der Waals surface area (Å²) in [5, 5.41) is 10.4. The number of anilines is 1. The molecule has 0 saturated heterocycles. The van der Waals surface area contributed by atoms with Gasteiger partial charge in [-0.25, -0.2) is 14.8 Å². The molecule has 0 aliphatic heterocycles. The molecule has 0 atom stereocenters. The number of nitrogen functional groups attached to an aromatic ring is 1. The van der Waals surface area contributed by atoms with Crippen LogP contribution in [-0.2, 0) is 0 Å². The smallest absolute Gasteiger partial charge is 0.348 e. The highest BCUT2D eigenvalue weighted by molar-refractivity contribution is 7.98. The molecular formula is C15H13N3O3S2. The number of benzene rings is 1. The first-order valence-electron chi connectivity index (χ1n) is 6.57. The Bertz CT molecular complexity index is 908. The van der Waals surface area contributed by atoms with Gasteiger partial charge in [-0.3, -0.25) is 0 Å². The summed E-state index contributed by atoms with van der Waals surface area (Å²) >= 11 is 2.45. The van der Waals surface area contributed by atoms with Crippen LogP contribution < -0.4 is 10.5 Å². The van der Waals surface area contributed by atoms with Gasteiger partial charge in [-0.2, -0.15) is 0 Å². The lowest BCUT2D eigenvalue weighted by molar-refractivity contribution is 0.0703. The molecule has 8 heteroatoms. The number of thioether (sulfide) groups is 1. The van der Waals surface area contributed by atoms with Crippen LogP contribution in [0.15, 0.2) is 29.4 Å². The van der Waals surface area contributed by atoms with Gasteiger partial charge in [0.15, 0.2) is 5.16 Å². The van der Waals surface area contributed by atoms with E-state index in [0.29, 0.717) is 26.8 Å². The van der Waals surface area contributed by atoms with Crippen LogP contribution >= 0.6 is 23.1 Å². The second-order valence-electron chi connectivity index (χ2n) is 4.62. The molecule has 2 heterocycles. The second-order valence-corrected chi connectivity index (χ2v) is 6.39. The number of ether oxygens (including phenoxy) is 1. The van der Waals surface area contributed by atoms with Crippen molar-refractivity contribution in [1.29, 1.82) is 0 Å². The van der Waals surface area contributed by atoms with Gasteiger partial charge < -0.3 is 15.6 Å². The molecule has 6 nitrogen and oxygen atoms in total. The van der Waals surface area contributed by atoms with E-state index >= 15 is 0 Å². The zero-order valence-corrected chi connectivity index (χ0v) is 14.0. The van der Waals surface area contributed by atoms with Gasteiger partial charge in [-0.05, 0) is 18.4 Å². The van der Waals surface area contributed by atoms with Crippen LogP contribution in [0.3, 0.4) is 0 Å². The van der Waals surface area contributed by atoms with E-state index in [2.05, 4.69) is 9.97 Å². The summed E-state index contributed by atoms with van der Waals surface area (Å²) in [5.74, 6) is -0.375.